The lowest BCUT2D eigenvalue weighted by Gasteiger charge is -2.13. The molecule has 0 saturated heterocycles. The third kappa shape index (κ3) is 1.59. The minimum Gasteiger partial charge on any atom is -0.330 e. The van der Waals surface area contributed by atoms with Gasteiger partial charge in [0.25, 0.3) is 0 Å². The third-order valence-electron chi connectivity index (χ3n) is 3.05. The highest BCUT2D eigenvalue weighted by atomic mass is 79.9. The molecular weight excluding hydrogens is 245 g/mol. The number of benzene rings is 1. The Morgan fingerprint density at radius 2 is 2.14 bits per heavy atom. The fourth-order valence-corrected chi connectivity index (χ4v) is 2.23. The van der Waals surface area contributed by atoms with Crippen LogP contribution in [0.4, 0.5) is 4.39 Å². The second-order valence-corrected chi connectivity index (χ2v) is 4.78. The fraction of sp³-hybridized carbons (Fsp3) is 0.455. The van der Waals surface area contributed by atoms with Gasteiger partial charge in [0, 0.05) is 16.4 Å². The van der Waals surface area contributed by atoms with Crippen LogP contribution in [0, 0.1) is 0 Å². The molecule has 0 aliphatic heterocycles. The lowest BCUT2D eigenvalue weighted by Crippen LogP contribution is -2.19. The maximum atomic E-state index is 12.5. The van der Waals surface area contributed by atoms with Gasteiger partial charge in [-0.25, -0.2) is 4.39 Å². The van der Waals surface area contributed by atoms with E-state index in [-0.39, 0.29) is 5.41 Å². The first-order valence-corrected chi connectivity index (χ1v) is 5.56. The molecule has 1 aliphatic rings. The Kier molecular flexibility index (Phi) is 2.62. The summed E-state index contributed by atoms with van der Waals surface area (Å²) in [5.41, 5.74) is 7.87. The van der Waals surface area contributed by atoms with E-state index >= 15 is 0 Å². The van der Waals surface area contributed by atoms with E-state index in [1.54, 1.807) is 0 Å². The quantitative estimate of drug-likeness (QED) is 0.886. The molecule has 1 nitrogen and oxygen atoms in total. The zero-order chi connectivity index (χ0) is 10.2. The molecule has 0 unspecified atom stereocenters. The van der Waals surface area contributed by atoms with Crippen molar-refractivity contribution in [1.82, 2.24) is 0 Å². The van der Waals surface area contributed by atoms with E-state index in [0.29, 0.717) is 12.1 Å². The van der Waals surface area contributed by atoms with Crippen LogP contribution in [0.15, 0.2) is 22.7 Å². The van der Waals surface area contributed by atoms with Crippen molar-refractivity contribution in [2.75, 3.05) is 6.54 Å². The van der Waals surface area contributed by atoms with Gasteiger partial charge < -0.3 is 5.73 Å². The maximum Gasteiger partial charge on any atom is 0.116 e. The van der Waals surface area contributed by atoms with Crippen LogP contribution < -0.4 is 5.73 Å². The van der Waals surface area contributed by atoms with Crippen LogP contribution in [0.25, 0.3) is 0 Å². The average molecular weight is 258 g/mol. The maximum absolute atomic E-state index is 12.5. The van der Waals surface area contributed by atoms with Gasteiger partial charge in [0.05, 0.1) is 0 Å². The van der Waals surface area contributed by atoms with E-state index in [0.717, 1.165) is 17.3 Å². The first kappa shape index (κ1) is 10.1. The highest BCUT2D eigenvalue weighted by molar-refractivity contribution is 9.10. The molecule has 3 heteroatoms. The molecule has 0 heterocycles. The average Bonchev–Trinajstić information content (AvgIpc) is 2.98. The minimum atomic E-state index is -0.420. The molecule has 0 aromatic heterocycles. The summed E-state index contributed by atoms with van der Waals surface area (Å²) < 4.78 is 13.3. The Morgan fingerprint density at radius 1 is 1.43 bits per heavy atom. The van der Waals surface area contributed by atoms with Crippen molar-refractivity contribution in [1.29, 1.82) is 0 Å². The van der Waals surface area contributed by atoms with Crippen LogP contribution in [0.2, 0.25) is 0 Å². The van der Waals surface area contributed by atoms with Crippen molar-refractivity contribution >= 4 is 15.9 Å². The molecule has 2 N–H and O–H groups in total. The zero-order valence-corrected chi connectivity index (χ0v) is 9.48. The largest absolute Gasteiger partial charge is 0.330 e. The number of hydrogen-bond donors (Lipinski definition) is 1. The molecule has 76 valence electrons. The predicted molar refractivity (Wildman–Crippen MR) is 58.9 cm³/mol. The van der Waals surface area contributed by atoms with Gasteiger partial charge in [0.1, 0.15) is 6.67 Å². The Bertz CT molecular complexity index is 347. The van der Waals surface area contributed by atoms with Crippen molar-refractivity contribution < 1.29 is 4.39 Å². The van der Waals surface area contributed by atoms with Crippen molar-refractivity contribution in [2.45, 2.75) is 24.9 Å². The number of alkyl halides is 1. The van der Waals surface area contributed by atoms with Crippen molar-refractivity contribution in [3.63, 3.8) is 0 Å². The monoisotopic (exact) mass is 257 g/mol. The van der Waals surface area contributed by atoms with Crippen molar-refractivity contribution in [3.8, 4) is 0 Å². The van der Waals surface area contributed by atoms with Crippen LogP contribution in [-0.2, 0) is 12.1 Å². The molecule has 1 fully saturated rings. The third-order valence-corrected chi connectivity index (χ3v) is 3.79. The van der Waals surface area contributed by atoms with Crippen LogP contribution in [0.3, 0.4) is 0 Å². The lowest BCUT2D eigenvalue weighted by molar-refractivity contribution is 0.483. The van der Waals surface area contributed by atoms with Gasteiger partial charge in [-0.05, 0) is 30.0 Å². The van der Waals surface area contributed by atoms with Gasteiger partial charge in [-0.2, -0.15) is 0 Å². The Hall–Kier alpha value is -0.410. The molecule has 2 rings (SSSR count). The minimum absolute atomic E-state index is 0.192. The van der Waals surface area contributed by atoms with Gasteiger partial charge in [-0.3, -0.25) is 0 Å². The lowest BCUT2D eigenvalue weighted by atomic mass is 9.95. The van der Waals surface area contributed by atoms with Crippen molar-refractivity contribution in [3.05, 3.63) is 33.8 Å². The molecule has 0 spiro atoms. The van der Waals surface area contributed by atoms with E-state index in [9.17, 15) is 4.39 Å². The molecule has 0 atom stereocenters. The SMILES string of the molecule is NCC1(c2ccc(CF)c(Br)c2)CC1. The molecule has 1 aromatic carbocycles. The summed E-state index contributed by atoms with van der Waals surface area (Å²) in [4.78, 5) is 0. The molecule has 14 heavy (non-hydrogen) atoms. The molecule has 0 amide bonds. The second kappa shape index (κ2) is 3.63. The Balaban J connectivity index is 2.33. The molecule has 1 aliphatic carbocycles. The summed E-state index contributed by atoms with van der Waals surface area (Å²) in [5, 5.41) is 0. The van der Waals surface area contributed by atoms with Crippen LogP contribution >= 0.6 is 15.9 Å². The highest BCUT2D eigenvalue weighted by Gasteiger charge is 2.42. The zero-order valence-electron chi connectivity index (χ0n) is 7.89. The number of halogens is 2. The standard InChI is InChI=1S/C11H13BrFN/c12-10-5-9(2-1-8(10)6-13)11(7-14)3-4-11/h1-2,5H,3-4,6-7,14H2. The predicted octanol–water partition coefficient (Wildman–Crippen LogP) is 2.91. The van der Waals surface area contributed by atoms with E-state index in [4.69, 9.17) is 5.73 Å². The smallest absolute Gasteiger partial charge is 0.116 e. The molecule has 1 aromatic rings. The van der Waals surface area contributed by atoms with E-state index in [2.05, 4.69) is 15.9 Å². The van der Waals surface area contributed by atoms with Crippen LogP contribution in [0.1, 0.15) is 24.0 Å². The topological polar surface area (TPSA) is 26.0 Å². The van der Waals surface area contributed by atoms with Crippen LogP contribution in [0.5, 0.6) is 0 Å². The van der Waals surface area contributed by atoms with Crippen molar-refractivity contribution in [2.24, 2.45) is 5.73 Å². The van der Waals surface area contributed by atoms with Crippen LogP contribution in [-0.4, -0.2) is 6.54 Å². The fourth-order valence-electron chi connectivity index (χ4n) is 1.75. The van der Waals surface area contributed by atoms with Gasteiger partial charge >= 0.3 is 0 Å². The number of rotatable bonds is 3. The summed E-state index contributed by atoms with van der Waals surface area (Å²) in [7, 11) is 0. The van der Waals surface area contributed by atoms with Gasteiger partial charge in [-0.15, -0.1) is 0 Å². The second-order valence-electron chi connectivity index (χ2n) is 3.92. The van der Waals surface area contributed by atoms with E-state index in [1.165, 1.54) is 5.56 Å². The summed E-state index contributed by atoms with van der Waals surface area (Å²) in [5.74, 6) is 0. The van der Waals surface area contributed by atoms with Gasteiger partial charge in [0.15, 0.2) is 0 Å². The molecule has 0 radical (unpaired) electrons. The Morgan fingerprint density at radius 3 is 2.57 bits per heavy atom. The Labute approximate surface area is 91.6 Å². The molecular formula is C11H13BrFN. The van der Waals surface area contributed by atoms with E-state index in [1.807, 2.05) is 18.2 Å². The first-order valence-electron chi connectivity index (χ1n) is 4.77. The van der Waals surface area contributed by atoms with E-state index < -0.39 is 6.67 Å². The normalized spacial score (nSPS) is 18.2. The summed E-state index contributed by atoms with van der Waals surface area (Å²) >= 11 is 3.38. The number of nitrogens with two attached hydrogens (primary N) is 1. The molecule has 0 bridgehead atoms. The molecule has 1 saturated carbocycles. The highest BCUT2D eigenvalue weighted by Crippen LogP contribution is 2.47. The van der Waals surface area contributed by atoms with Gasteiger partial charge in [-0.1, -0.05) is 28.1 Å². The summed E-state index contributed by atoms with van der Waals surface area (Å²) in [6.45, 7) is 0.269. The first-order chi connectivity index (χ1) is 6.72. The van der Waals surface area contributed by atoms with Gasteiger partial charge in [0.2, 0.25) is 0 Å². The summed E-state index contributed by atoms with van der Waals surface area (Å²) in [6.07, 6.45) is 2.32. The number of hydrogen-bond acceptors (Lipinski definition) is 1. The summed E-state index contributed by atoms with van der Waals surface area (Å²) in [6, 6.07) is 5.85.